The molecule has 0 aliphatic carbocycles. The van der Waals surface area contributed by atoms with Crippen molar-refractivity contribution in [2.24, 2.45) is 10.9 Å². The number of ether oxygens (including phenoxy) is 2. The van der Waals surface area contributed by atoms with Crippen molar-refractivity contribution in [1.82, 2.24) is 4.90 Å². The Morgan fingerprint density at radius 3 is 2.71 bits per heavy atom. The number of hydrogen-bond donors (Lipinski definition) is 0. The molecule has 0 aromatic heterocycles. The predicted molar refractivity (Wildman–Crippen MR) is 95.9 cm³/mol. The van der Waals surface area contributed by atoms with Crippen molar-refractivity contribution in [2.75, 3.05) is 20.8 Å². The van der Waals surface area contributed by atoms with Crippen LogP contribution in [0.3, 0.4) is 0 Å². The summed E-state index contributed by atoms with van der Waals surface area (Å²) in [5.41, 5.74) is 1.05. The van der Waals surface area contributed by atoms with Crippen LogP contribution in [0, 0.1) is 5.92 Å². The summed E-state index contributed by atoms with van der Waals surface area (Å²) in [4.78, 5) is 6.81. The lowest BCUT2D eigenvalue weighted by atomic mass is 9.88. The van der Waals surface area contributed by atoms with Gasteiger partial charge in [0.1, 0.15) is 11.5 Å². The van der Waals surface area contributed by atoms with Crippen molar-refractivity contribution >= 4 is 16.9 Å². The van der Waals surface area contributed by atoms with E-state index in [2.05, 4.69) is 19.1 Å². The second-order valence-corrected chi connectivity index (χ2v) is 7.62. The molecule has 0 bridgehead atoms. The molecule has 0 N–H and O–H groups in total. The highest BCUT2D eigenvalue weighted by molar-refractivity contribution is 8.14. The second-order valence-electron chi connectivity index (χ2n) is 6.56. The molecule has 5 atom stereocenters. The van der Waals surface area contributed by atoms with E-state index in [0.29, 0.717) is 13.0 Å². The van der Waals surface area contributed by atoms with Gasteiger partial charge in [-0.25, -0.2) is 0 Å². The van der Waals surface area contributed by atoms with Gasteiger partial charge in [-0.1, -0.05) is 49.0 Å². The first-order valence-electron chi connectivity index (χ1n) is 8.39. The van der Waals surface area contributed by atoms with Crippen LogP contribution in [-0.2, 0) is 16.1 Å². The number of fused-ring (bicyclic) bond motifs is 1. The number of thioether (sulfide) groups is 1. The zero-order valence-electron chi connectivity index (χ0n) is 14.4. The standard InChI is InChI=1S/C18H25FN2O2S/c1-12-14(9-10-19)23-17-15(20-18(24-17)21(2)3)16(12)22-11-13-7-5-4-6-8-13/h4-8,12,14-17H,9-11H2,1-3H3/t12-,14-,15-,16+,17-/m1/s1. The van der Waals surface area contributed by atoms with Gasteiger partial charge in [0.15, 0.2) is 5.17 Å². The fourth-order valence-corrected chi connectivity index (χ4v) is 4.38. The van der Waals surface area contributed by atoms with Gasteiger partial charge in [0.25, 0.3) is 0 Å². The van der Waals surface area contributed by atoms with Gasteiger partial charge >= 0.3 is 0 Å². The van der Waals surface area contributed by atoms with Gasteiger partial charge in [-0.2, -0.15) is 0 Å². The van der Waals surface area contributed by atoms with Crippen molar-refractivity contribution in [2.45, 2.75) is 43.6 Å². The van der Waals surface area contributed by atoms with E-state index < -0.39 is 0 Å². The Morgan fingerprint density at radius 2 is 2.04 bits per heavy atom. The van der Waals surface area contributed by atoms with Gasteiger partial charge in [0.2, 0.25) is 0 Å². The normalized spacial score (nSPS) is 32.3. The minimum absolute atomic E-state index is 0.0398. The van der Waals surface area contributed by atoms with Crippen LogP contribution in [0.15, 0.2) is 35.3 Å². The number of hydrogen-bond acceptors (Lipinski definition) is 5. The van der Waals surface area contributed by atoms with Crippen LogP contribution in [0.5, 0.6) is 0 Å². The zero-order chi connectivity index (χ0) is 17.1. The molecule has 0 spiro atoms. The molecule has 2 heterocycles. The summed E-state index contributed by atoms with van der Waals surface area (Å²) >= 11 is 1.61. The molecule has 1 saturated heterocycles. The van der Waals surface area contributed by atoms with E-state index in [1.54, 1.807) is 11.8 Å². The summed E-state index contributed by atoms with van der Waals surface area (Å²) in [5, 5.41) is 0.950. The number of halogens is 1. The Bertz CT molecular complexity index is 569. The first-order valence-corrected chi connectivity index (χ1v) is 9.27. The van der Waals surface area contributed by atoms with E-state index in [9.17, 15) is 4.39 Å². The highest BCUT2D eigenvalue weighted by atomic mass is 32.2. The summed E-state index contributed by atoms with van der Waals surface area (Å²) in [6, 6.07) is 10.1. The first kappa shape index (κ1) is 17.7. The fourth-order valence-electron chi connectivity index (χ4n) is 3.22. The summed E-state index contributed by atoms with van der Waals surface area (Å²) in [6.45, 7) is 2.25. The lowest BCUT2D eigenvalue weighted by Crippen LogP contribution is -2.51. The zero-order valence-corrected chi connectivity index (χ0v) is 15.2. The van der Waals surface area contributed by atoms with Crippen LogP contribution in [0.4, 0.5) is 4.39 Å². The predicted octanol–water partition coefficient (Wildman–Crippen LogP) is 3.33. The molecule has 3 rings (SSSR count). The summed E-state index contributed by atoms with van der Waals surface area (Å²) < 4.78 is 25.3. The van der Waals surface area contributed by atoms with Gasteiger partial charge in [0.05, 0.1) is 25.5 Å². The third-order valence-electron chi connectivity index (χ3n) is 4.57. The molecule has 0 amide bonds. The van der Waals surface area contributed by atoms with E-state index >= 15 is 0 Å². The van der Waals surface area contributed by atoms with Gasteiger partial charge in [-0.15, -0.1) is 0 Å². The van der Waals surface area contributed by atoms with Gasteiger partial charge < -0.3 is 14.4 Å². The summed E-state index contributed by atoms with van der Waals surface area (Å²) in [5.74, 6) is 0.108. The molecule has 24 heavy (non-hydrogen) atoms. The minimum atomic E-state index is -0.371. The fraction of sp³-hybridized carbons (Fsp3) is 0.611. The van der Waals surface area contributed by atoms with Crippen molar-refractivity contribution in [1.29, 1.82) is 0 Å². The van der Waals surface area contributed by atoms with Gasteiger partial charge in [-0.05, 0) is 5.56 Å². The molecule has 132 valence electrons. The number of nitrogens with zero attached hydrogens (tertiary/aromatic N) is 2. The maximum atomic E-state index is 12.9. The minimum Gasteiger partial charge on any atom is -0.371 e. The molecule has 0 unspecified atom stereocenters. The number of benzene rings is 1. The number of aliphatic imine (C=N–C) groups is 1. The highest BCUT2D eigenvalue weighted by Gasteiger charge is 2.48. The molecule has 2 aliphatic rings. The highest BCUT2D eigenvalue weighted by Crippen LogP contribution is 2.41. The van der Waals surface area contributed by atoms with Crippen LogP contribution in [-0.4, -0.2) is 54.5 Å². The van der Waals surface area contributed by atoms with Crippen molar-refractivity contribution in [3.63, 3.8) is 0 Å². The molecule has 4 nitrogen and oxygen atoms in total. The Morgan fingerprint density at radius 1 is 1.29 bits per heavy atom. The lowest BCUT2D eigenvalue weighted by Gasteiger charge is -2.41. The Hall–Kier alpha value is -1.11. The molecule has 6 heteroatoms. The van der Waals surface area contributed by atoms with Crippen molar-refractivity contribution in [3.8, 4) is 0 Å². The Labute approximate surface area is 147 Å². The van der Waals surface area contributed by atoms with Gasteiger partial charge in [-0.3, -0.25) is 9.38 Å². The monoisotopic (exact) mass is 352 g/mol. The van der Waals surface area contributed by atoms with E-state index in [1.165, 1.54) is 0 Å². The topological polar surface area (TPSA) is 34.1 Å². The average Bonchev–Trinajstić information content (AvgIpc) is 3.00. The first-order chi connectivity index (χ1) is 11.6. The molecular formula is C18H25FN2O2S. The smallest absolute Gasteiger partial charge is 0.161 e. The molecule has 1 aromatic rings. The molecule has 0 radical (unpaired) electrons. The summed E-state index contributed by atoms with van der Waals surface area (Å²) in [7, 11) is 3.96. The van der Waals surface area contributed by atoms with Crippen molar-refractivity contribution in [3.05, 3.63) is 35.9 Å². The van der Waals surface area contributed by atoms with Crippen molar-refractivity contribution < 1.29 is 13.9 Å². The SMILES string of the molecule is C[C@H]1[C@H](OCc2ccccc2)[C@H]2N=C(N(C)C)S[C@H]2O[C@@H]1CCF. The number of amidine groups is 1. The van der Waals surface area contributed by atoms with Crippen LogP contribution >= 0.6 is 11.8 Å². The molecule has 1 aromatic carbocycles. The van der Waals surface area contributed by atoms with Gasteiger partial charge in [0, 0.05) is 26.4 Å². The molecule has 2 aliphatic heterocycles. The van der Waals surface area contributed by atoms with E-state index in [0.717, 1.165) is 10.7 Å². The average molecular weight is 352 g/mol. The molecule has 0 saturated carbocycles. The van der Waals surface area contributed by atoms with E-state index in [-0.39, 0.29) is 36.3 Å². The molecule has 1 fully saturated rings. The largest absolute Gasteiger partial charge is 0.371 e. The molecular weight excluding hydrogens is 327 g/mol. The second kappa shape index (κ2) is 7.85. The number of alkyl halides is 1. The third kappa shape index (κ3) is 3.76. The Kier molecular flexibility index (Phi) is 5.79. The van der Waals surface area contributed by atoms with Crippen LogP contribution in [0.2, 0.25) is 0 Å². The third-order valence-corrected chi connectivity index (χ3v) is 5.88. The van der Waals surface area contributed by atoms with E-state index in [4.69, 9.17) is 14.5 Å². The van der Waals surface area contributed by atoms with Crippen LogP contribution in [0.1, 0.15) is 18.9 Å². The maximum Gasteiger partial charge on any atom is 0.161 e. The quantitative estimate of drug-likeness (QED) is 0.814. The maximum absolute atomic E-state index is 12.9. The van der Waals surface area contributed by atoms with Crippen LogP contribution in [0.25, 0.3) is 0 Å². The lowest BCUT2D eigenvalue weighted by molar-refractivity contribution is -0.139. The van der Waals surface area contributed by atoms with E-state index in [1.807, 2.05) is 37.2 Å². The Balaban J connectivity index is 1.76. The number of rotatable bonds is 5. The van der Waals surface area contributed by atoms with Crippen LogP contribution < -0.4 is 0 Å². The summed E-state index contributed by atoms with van der Waals surface area (Å²) in [6.07, 6.45) is 0.222.